The number of hydrogen-bond donors (Lipinski definition) is 1. The lowest BCUT2D eigenvalue weighted by Crippen LogP contribution is -2.09. The zero-order valence-corrected chi connectivity index (χ0v) is 11.6. The Labute approximate surface area is 116 Å². The average molecular weight is 276 g/mol. The summed E-state index contributed by atoms with van der Waals surface area (Å²) in [5.74, 6) is 1.61. The Kier molecular flexibility index (Phi) is 3.55. The summed E-state index contributed by atoms with van der Waals surface area (Å²) in [6.45, 7) is 3.59. The van der Waals surface area contributed by atoms with Gasteiger partial charge in [0.25, 0.3) is 0 Å². The fourth-order valence-corrected chi connectivity index (χ4v) is 2.85. The van der Waals surface area contributed by atoms with Crippen molar-refractivity contribution in [2.45, 2.75) is 19.4 Å². The van der Waals surface area contributed by atoms with Crippen molar-refractivity contribution in [1.82, 2.24) is 4.98 Å². The van der Waals surface area contributed by atoms with Crippen molar-refractivity contribution < 1.29 is 9.47 Å². The first-order valence-corrected chi connectivity index (χ1v) is 7.32. The van der Waals surface area contributed by atoms with Crippen LogP contribution in [0.25, 0.3) is 0 Å². The standard InChI is InChI=1S/C14H16N2O2S/c1-2-15-14-16-10(9-19-14)11-7-8-17-12-5-3-4-6-13(12)18-11/h3-6,9,11H,2,7-8H2,1H3,(H,15,16). The molecule has 1 N–H and O–H groups in total. The molecule has 4 nitrogen and oxygen atoms in total. The first kappa shape index (κ1) is 12.3. The van der Waals surface area contributed by atoms with Crippen molar-refractivity contribution in [1.29, 1.82) is 0 Å². The van der Waals surface area contributed by atoms with Crippen LogP contribution in [0.2, 0.25) is 0 Å². The van der Waals surface area contributed by atoms with E-state index in [0.717, 1.165) is 35.3 Å². The number of ether oxygens (including phenoxy) is 2. The summed E-state index contributed by atoms with van der Waals surface area (Å²) in [6.07, 6.45) is 0.775. The third-order valence-corrected chi connectivity index (χ3v) is 3.75. The summed E-state index contributed by atoms with van der Waals surface area (Å²) in [6, 6.07) is 7.78. The molecule has 1 unspecified atom stereocenters. The molecule has 0 saturated carbocycles. The maximum atomic E-state index is 6.03. The number of benzene rings is 1. The second kappa shape index (κ2) is 5.48. The quantitative estimate of drug-likeness (QED) is 0.932. The van der Waals surface area contributed by atoms with Crippen LogP contribution in [-0.4, -0.2) is 18.1 Å². The molecule has 0 radical (unpaired) electrons. The Morgan fingerprint density at radius 2 is 2.21 bits per heavy atom. The third-order valence-electron chi connectivity index (χ3n) is 2.94. The first-order chi connectivity index (χ1) is 9.36. The van der Waals surface area contributed by atoms with Crippen molar-refractivity contribution in [2.75, 3.05) is 18.5 Å². The number of para-hydroxylation sites is 2. The largest absolute Gasteiger partial charge is 0.490 e. The van der Waals surface area contributed by atoms with Crippen LogP contribution in [0.15, 0.2) is 29.6 Å². The van der Waals surface area contributed by atoms with Gasteiger partial charge < -0.3 is 14.8 Å². The lowest BCUT2D eigenvalue weighted by Gasteiger charge is -2.13. The molecule has 100 valence electrons. The molecule has 3 rings (SSSR count). The molecule has 0 aliphatic carbocycles. The average Bonchev–Trinajstić information content (AvgIpc) is 2.78. The predicted molar refractivity (Wildman–Crippen MR) is 76.2 cm³/mol. The molecule has 19 heavy (non-hydrogen) atoms. The van der Waals surface area contributed by atoms with E-state index in [4.69, 9.17) is 9.47 Å². The highest BCUT2D eigenvalue weighted by atomic mass is 32.1. The molecule has 1 aliphatic heterocycles. The van der Waals surface area contributed by atoms with Gasteiger partial charge >= 0.3 is 0 Å². The third kappa shape index (κ3) is 2.66. The van der Waals surface area contributed by atoms with Gasteiger partial charge in [0.05, 0.1) is 12.3 Å². The van der Waals surface area contributed by atoms with Crippen LogP contribution in [0, 0.1) is 0 Å². The van der Waals surface area contributed by atoms with E-state index in [1.807, 2.05) is 24.3 Å². The van der Waals surface area contributed by atoms with Gasteiger partial charge in [-0.2, -0.15) is 0 Å². The molecule has 1 aromatic carbocycles. The topological polar surface area (TPSA) is 43.4 Å². The number of aromatic nitrogens is 1. The molecule has 0 bridgehead atoms. The summed E-state index contributed by atoms with van der Waals surface area (Å²) in [4.78, 5) is 4.57. The van der Waals surface area contributed by atoms with Gasteiger partial charge in [-0.05, 0) is 19.1 Å². The summed E-state index contributed by atoms with van der Waals surface area (Å²) in [7, 11) is 0. The van der Waals surface area contributed by atoms with Crippen LogP contribution in [0.1, 0.15) is 25.1 Å². The van der Waals surface area contributed by atoms with Gasteiger partial charge in [0.1, 0.15) is 6.10 Å². The Balaban J connectivity index is 1.81. The van der Waals surface area contributed by atoms with Gasteiger partial charge in [-0.25, -0.2) is 4.98 Å². The fraction of sp³-hybridized carbons (Fsp3) is 0.357. The molecule has 2 heterocycles. The summed E-state index contributed by atoms with van der Waals surface area (Å²) in [5, 5.41) is 6.22. The normalized spacial score (nSPS) is 17.8. The van der Waals surface area contributed by atoms with Crippen LogP contribution in [0.3, 0.4) is 0 Å². The smallest absolute Gasteiger partial charge is 0.182 e. The van der Waals surface area contributed by atoms with Crippen molar-refractivity contribution in [2.24, 2.45) is 0 Å². The Morgan fingerprint density at radius 1 is 1.37 bits per heavy atom. The zero-order valence-electron chi connectivity index (χ0n) is 10.8. The highest BCUT2D eigenvalue weighted by Gasteiger charge is 2.22. The number of fused-ring (bicyclic) bond motifs is 1. The Morgan fingerprint density at radius 3 is 3.05 bits per heavy atom. The van der Waals surface area contributed by atoms with E-state index in [9.17, 15) is 0 Å². The summed E-state index contributed by atoms with van der Waals surface area (Å²) >= 11 is 1.61. The van der Waals surface area contributed by atoms with Crippen molar-refractivity contribution >= 4 is 16.5 Å². The van der Waals surface area contributed by atoms with E-state index in [1.165, 1.54) is 0 Å². The van der Waals surface area contributed by atoms with Crippen molar-refractivity contribution in [3.8, 4) is 11.5 Å². The summed E-state index contributed by atoms with van der Waals surface area (Å²) in [5.41, 5.74) is 0.973. The minimum absolute atomic E-state index is 0.0349. The monoisotopic (exact) mass is 276 g/mol. The van der Waals surface area contributed by atoms with Gasteiger partial charge in [-0.1, -0.05) is 12.1 Å². The number of anilines is 1. The fourth-order valence-electron chi connectivity index (χ4n) is 2.03. The highest BCUT2D eigenvalue weighted by Crippen LogP contribution is 2.36. The molecule has 0 saturated heterocycles. The maximum absolute atomic E-state index is 6.03. The van der Waals surface area contributed by atoms with Gasteiger partial charge in [-0.3, -0.25) is 0 Å². The molecule has 0 spiro atoms. The number of nitrogens with one attached hydrogen (secondary N) is 1. The molecular formula is C14H16N2O2S. The van der Waals surface area contributed by atoms with Gasteiger partial charge in [0.15, 0.2) is 16.6 Å². The molecule has 0 amide bonds. The van der Waals surface area contributed by atoms with Crippen molar-refractivity contribution in [3.63, 3.8) is 0 Å². The minimum atomic E-state index is -0.0349. The van der Waals surface area contributed by atoms with Crippen LogP contribution in [0.5, 0.6) is 11.5 Å². The van der Waals surface area contributed by atoms with E-state index in [1.54, 1.807) is 11.3 Å². The first-order valence-electron chi connectivity index (χ1n) is 6.44. The molecular weight excluding hydrogens is 260 g/mol. The van der Waals surface area contributed by atoms with Crippen LogP contribution < -0.4 is 14.8 Å². The van der Waals surface area contributed by atoms with E-state index in [0.29, 0.717) is 6.61 Å². The second-order valence-corrected chi connectivity index (χ2v) is 5.16. The number of thiazole rings is 1. The number of hydrogen-bond acceptors (Lipinski definition) is 5. The number of rotatable bonds is 3. The zero-order chi connectivity index (χ0) is 13.1. The Bertz CT molecular complexity index is 556. The van der Waals surface area contributed by atoms with Crippen LogP contribution in [-0.2, 0) is 0 Å². The molecule has 0 fully saturated rings. The molecule has 1 aliphatic rings. The van der Waals surface area contributed by atoms with E-state index in [2.05, 4.69) is 22.6 Å². The Hall–Kier alpha value is -1.75. The molecule has 2 aromatic rings. The van der Waals surface area contributed by atoms with Gasteiger partial charge in [0.2, 0.25) is 0 Å². The maximum Gasteiger partial charge on any atom is 0.182 e. The molecule has 5 heteroatoms. The van der Waals surface area contributed by atoms with Gasteiger partial charge in [-0.15, -0.1) is 11.3 Å². The van der Waals surface area contributed by atoms with Gasteiger partial charge in [0, 0.05) is 18.3 Å². The van der Waals surface area contributed by atoms with Crippen LogP contribution >= 0.6 is 11.3 Å². The lowest BCUT2D eigenvalue weighted by atomic mass is 10.2. The predicted octanol–water partition coefficient (Wildman–Crippen LogP) is 3.48. The highest BCUT2D eigenvalue weighted by molar-refractivity contribution is 7.13. The van der Waals surface area contributed by atoms with E-state index >= 15 is 0 Å². The van der Waals surface area contributed by atoms with E-state index in [-0.39, 0.29) is 6.10 Å². The minimum Gasteiger partial charge on any atom is -0.490 e. The SMILES string of the molecule is CCNc1nc(C2CCOc3ccccc3O2)cs1. The van der Waals surface area contributed by atoms with Crippen molar-refractivity contribution in [3.05, 3.63) is 35.3 Å². The molecule has 1 aromatic heterocycles. The second-order valence-electron chi connectivity index (χ2n) is 4.30. The van der Waals surface area contributed by atoms with Crippen LogP contribution in [0.4, 0.5) is 5.13 Å². The number of nitrogens with zero attached hydrogens (tertiary/aromatic N) is 1. The molecule has 1 atom stereocenters. The van der Waals surface area contributed by atoms with E-state index < -0.39 is 0 Å². The lowest BCUT2D eigenvalue weighted by molar-refractivity contribution is 0.191. The summed E-state index contributed by atoms with van der Waals surface area (Å²) < 4.78 is 11.7.